The fourth-order valence-electron chi connectivity index (χ4n) is 4.03. The molecule has 0 radical (unpaired) electrons. The van der Waals surface area contributed by atoms with Crippen molar-refractivity contribution in [3.63, 3.8) is 0 Å². The van der Waals surface area contributed by atoms with Gasteiger partial charge in [-0.2, -0.15) is 13.2 Å². The predicted molar refractivity (Wildman–Crippen MR) is 165 cm³/mol. The summed E-state index contributed by atoms with van der Waals surface area (Å²) < 4.78 is 43.5. The Morgan fingerprint density at radius 2 is 1.59 bits per heavy atom. The van der Waals surface area contributed by atoms with E-state index in [9.17, 15) is 27.6 Å². The molecule has 3 aromatic carbocycles. The number of carbonyl (C=O) groups excluding carboxylic acids is 2. The maximum atomic E-state index is 13.2. The van der Waals surface area contributed by atoms with Crippen LogP contribution in [0.15, 0.2) is 88.6 Å². The van der Waals surface area contributed by atoms with Gasteiger partial charge in [0, 0.05) is 24.1 Å². The van der Waals surface area contributed by atoms with E-state index in [0.29, 0.717) is 5.69 Å². The molecule has 0 aliphatic heterocycles. The van der Waals surface area contributed by atoms with E-state index in [0.717, 1.165) is 23.2 Å². The number of hydrogen-bond acceptors (Lipinski definition) is 6. The van der Waals surface area contributed by atoms with Crippen LogP contribution < -0.4 is 16.2 Å². The SMILES string of the molecule is CCNc1ccccc1.CCOC(=O)Cc1[nH]n(-c2ccc(NC(=O)C(F)(F)F)cc2)c(=O)c1C=Nc1ccccc1CC. The van der Waals surface area contributed by atoms with Crippen molar-refractivity contribution in [2.75, 3.05) is 23.8 Å². The van der Waals surface area contributed by atoms with Gasteiger partial charge in [0.05, 0.1) is 35.7 Å². The van der Waals surface area contributed by atoms with Crippen LogP contribution in [0.1, 0.15) is 37.6 Å². The van der Waals surface area contributed by atoms with E-state index in [2.05, 4.69) is 34.5 Å². The van der Waals surface area contributed by atoms with Crippen molar-refractivity contribution >= 4 is 35.2 Å². The van der Waals surface area contributed by atoms with Crippen LogP contribution in [0.3, 0.4) is 0 Å². The fraction of sp³-hybridized carbons (Fsp3) is 0.250. The average molecular weight is 610 g/mol. The van der Waals surface area contributed by atoms with Gasteiger partial charge in [-0.15, -0.1) is 0 Å². The van der Waals surface area contributed by atoms with E-state index in [1.165, 1.54) is 36.2 Å². The maximum Gasteiger partial charge on any atom is 0.471 e. The molecule has 0 aliphatic carbocycles. The van der Waals surface area contributed by atoms with E-state index in [1.54, 1.807) is 18.3 Å². The maximum absolute atomic E-state index is 13.2. The number of hydrogen-bond donors (Lipinski definition) is 3. The molecule has 9 nitrogen and oxygen atoms in total. The number of nitrogens with one attached hydrogen (secondary N) is 3. The van der Waals surface area contributed by atoms with Crippen LogP contribution in [0.25, 0.3) is 5.69 Å². The van der Waals surface area contributed by atoms with Gasteiger partial charge < -0.3 is 15.4 Å². The van der Waals surface area contributed by atoms with Crippen LogP contribution in [0, 0.1) is 0 Å². The van der Waals surface area contributed by atoms with E-state index in [-0.39, 0.29) is 35.7 Å². The summed E-state index contributed by atoms with van der Waals surface area (Å²) in [6.45, 7) is 6.89. The van der Waals surface area contributed by atoms with Gasteiger partial charge in [-0.1, -0.05) is 43.3 Å². The van der Waals surface area contributed by atoms with Crippen molar-refractivity contribution in [2.45, 2.75) is 39.8 Å². The van der Waals surface area contributed by atoms with Gasteiger partial charge in [0.2, 0.25) is 0 Å². The lowest BCUT2D eigenvalue weighted by molar-refractivity contribution is -0.167. The molecule has 0 aliphatic rings. The molecule has 1 aromatic heterocycles. The van der Waals surface area contributed by atoms with Crippen molar-refractivity contribution in [2.24, 2.45) is 4.99 Å². The molecule has 0 atom stereocenters. The largest absolute Gasteiger partial charge is 0.471 e. The third kappa shape index (κ3) is 9.45. The number of nitrogens with zero attached hydrogens (tertiary/aromatic N) is 2. The number of halogens is 3. The van der Waals surface area contributed by atoms with Crippen molar-refractivity contribution in [1.82, 2.24) is 9.78 Å². The highest BCUT2D eigenvalue weighted by molar-refractivity contribution is 5.95. The van der Waals surface area contributed by atoms with Crippen LogP contribution in [0.2, 0.25) is 0 Å². The zero-order valence-corrected chi connectivity index (χ0v) is 24.6. The summed E-state index contributed by atoms with van der Waals surface area (Å²) >= 11 is 0. The quantitative estimate of drug-likeness (QED) is 0.146. The second-order valence-electron chi connectivity index (χ2n) is 9.26. The Bertz CT molecular complexity index is 1610. The number of ether oxygens (including phenoxy) is 1. The molecule has 3 N–H and O–H groups in total. The molecule has 12 heteroatoms. The molecule has 1 heterocycles. The zero-order valence-electron chi connectivity index (χ0n) is 24.6. The number of anilines is 2. The first kappa shape index (κ1) is 33.4. The van der Waals surface area contributed by atoms with E-state index in [1.807, 2.05) is 43.3 Å². The van der Waals surface area contributed by atoms with Gasteiger partial charge in [-0.25, -0.2) is 4.68 Å². The Labute approximate surface area is 252 Å². The van der Waals surface area contributed by atoms with Crippen LogP contribution in [-0.2, 0) is 27.2 Å². The number of carbonyl (C=O) groups is 2. The van der Waals surface area contributed by atoms with Crippen LogP contribution in [-0.4, -0.2) is 47.2 Å². The number of para-hydroxylation sites is 2. The summed E-state index contributed by atoms with van der Waals surface area (Å²) in [6, 6.07) is 22.8. The second kappa shape index (κ2) is 15.9. The van der Waals surface area contributed by atoms with Gasteiger partial charge in [-0.05, 0) is 68.3 Å². The van der Waals surface area contributed by atoms with Crippen LogP contribution >= 0.6 is 0 Å². The molecule has 0 saturated heterocycles. The van der Waals surface area contributed by atoms with Crippen molar-refractivity contribution < 1.29 is 27.5 Å². The number of H-pyrrole nitrogens is 1. The predicted octanol–water partition coefficient (Wildman–Crippen LogP) is 6.20. The van der Waals surface area contributed by atoms with Gasteiger partial charge in [-0.3, -0.25) is 24.5 Å². The number of aromatic nitrogens is 2. The molecule has 0 unspecified atom stereocenters. The molecule has 0 fully saturated rings. The van der Waals surface area contributed by atoms with Crippen LogP contribution in [0.4, 0.5) is 30.2 Å². The normalized spacial score (nSPS) is 11.0. The number of esters is 1. The summed E-state index contributed by atoms with van der Waals surface area (Å²) in [5, 5.41) is 7.79. The number of aliphatic imine (C=N–C) groups is 1. The Hall–Kier alpha value is -5.13. The number of amides is 1. The van der Waals surface area contributed by atoms with Gasteiger partial charge in [0.1, 0.15) is 0 Å². The molecule has 4 rings (SSSR count). The smallest absolute Gasteiger partial charge is 0.466 e. The number of rotatable bonds is 10. The first-order chi connectivity index (χ1) is 21.1. The number of benzene rings is 3. The molecular weight excluding hydrogens is 575 g/mol. The second-order valence-corrected chi connectivity index (χ2v) is 9.26. The molecule has 232 valence electrons. The number of aromatic amines is 1. The molecule has 0 spiro atoms. The summed E-state index contributed by atoms with van der Waals surface area (Å²) in [5.41, 5.74) is 2.91. The third-order valence-electron chi connectivity index (χ3n) is 6.13. The van der Waals surface area contributed by atoms with Gasteiger partial charge in [0.15, 0.2) is 0 Å². The van der Waals surface area contributed by atoms with Gasteiger partial charge >= 0.3 is 18.1 Å². The highest BCUT2D eigenvalue weighted by Gasteiger charge is 2.38. The molecule has 1 amide bonds. The summed E-state index contributed by atoms with van der Waals surface area (Å²) in [7, 11) is 0. The number of alkyl halides is 3. The van der Waals surface area contributed by atoms with Gasteiger partial charge in [0.25, 0.3) is 5.56 Å². The third-order valence-corrected chi connectivity index (χ3v) is 6.13. The lowest BCUT2D eigenvalue weighted by atomic mass is 10.1. The van der Waals surface area contributed by atoms with E-state index < -0.39 is 23.6 Å². The fourth-order valence-corrected chi connectivity index (χ4v) is 4.03. The minimum absolute atomic E-state index is 0.0969. The summed E-state index contributed by atoms with van der Waals surface area (Å²) in [5.74, 6) is -2.65. The number of aryl methyl sites for hydroxylation is 1. The average Bonchev–Trinajstić information content (AvgIpc) is 3.31. The summed E-state index contributed by atoms with van der Waals surface area (Å²) in [6.07, 6.45) is -3.14. The molecule has 0 bridgehead atoms. The molecular formula is C32H34F3N5O4. The summed E-state index contributed by atoms with van der Waals surface area (Å²) in [4.78, 5) is 40.8. The highest BCUT2D eigenvalue weighted by Crippen LogP contribution is 2.21. The Morgan fingerprint density at radius 3 is 2.20 bits per heavy atom. The standard InChI is InChI=1S/C24H23F3N4O4.C8H11N/c1-3-15-7-5-6-8-19(15)28-14-18-20(13-21(32)35-4-2)30-31(22(18)33)17-11-9-16(10-12-17)29-23(34)24(25,26)27;1-2-9-8-6-4-3-5-7-8/h5-12,14,30H,3-4,13H2,1-2H3,(H,29,34);3-7,9H,2H2,1H3. The van der Waals surface area contributed by atoms with E-state index in [4.69, 9.17) is 4.74 Å². The monoisotopic (exact) mass is 609 g/mol. The lowest BCUT2D eigenvalue weighted by Gasteiger charge is -2.08. The first-order valence-electron chi connectivity index (χ1n) is 14.0. The molecule has 44 heavy (non-hydrogen) atoms. The van der Waals surface area contributed by atoms with Crippen molar-refractivity contribution in [3.8, 4) is 5.69 Å². The lowest BCUT2D eigenvalue weighted by Crippen LogP contribution is -2.29. The van der Waals surface area contributed by atoms with Crippen molar-refractivity contribution in [1.29, 1.82) is 0 Å². The molecule has 4 aromatic rings. The zero-order chi connectivity index (χ0) is 32.1. The topological polar surface area (TPSA) is 118 Å². The van der Waals surface area contributed by atoms with Crippen molar-refractivity contribution in [3.05, 3.63) is 106 Å². The highest BCUT2D eigenvalue weighted by atomic mass is 19.4. The first-order valence-corrected chi connectivity index (χ1v) is 14.0. The Kier molecular flexibility index (Phi) is 12.1. The Morgan fingerprint density at radius 1 is 0.932 bits per heavy atom. The minimum atomic E-state index is -5.03. The van der Waals surface area contributed by atoms with E-state index >= 15 is 0 Å². The molecule has 0 saturated carbocycles. The minimum Gasteiger partial charge on any atom is -0.466 e. The Balaban J connectivity index is 0.000000502. The van der Waals surface area contributed by atoms with Crippen LogP contribution in [0.5, 0.6) is 0 Å².